The molecule has 0 aromatic heterocycles. The van der Waals surface area contributed by atoms with Crippen LogP contribution in [0.25, 0.3) is 0 Å². The number of benzene rings is 2. The second-order valence-electron chi connectivity index (χ2n) is 7.27. The van der Waals surface area contributed by atoms with Crippen LogP contribution in [0.3, 0.4) is 0 Å². The number of hydrogen-bond acceptors (Lipinski definition) is 4. The molecular formula is C22H29N3O2S. The van der Waals surface area contributed by atoms with E-state index in [9.17, 15) is 0 Å². The Bertz CT molecular complexity index is 783. The predicted octanol–water partition coefficient (Wildman–Crippen LogP) is 4.26. The second kappa shape index (κ2) is 10.7. The molecule has 28 heavy (non-hydrogen) atoms. The van der Waals surface area contributed by atoms with Crippen LogP contribution in [-0.4, -0.2) is 31.1 Å². The number of hydrogen-bond donors (Lipinski definition) is 2. The van der Waals surface area contributed by atoms with Gasteiger partial charge in [-0.1, -0.05) is 45.0 Å². The Morgan fingerprint density at radius 3 is 2.36 bits per heavy atom. The molecule has 0 unspecified atom stereocenters. The molecule has 150 valence electrons. The van der Waals surface area contributed by atoms with Gasteiger partial charge in [0.2, 0.25) is 0 Å². The van der Waals surface area contributed by atoms with Crippen molar-refractivity contribution < 1.29 is 9.47 Å². The van der Waals surface area contributed by atoms with E-state index < -0.39 is 0 Å². The Labute approximate surface area is 173 Å². The lowest BCUT2D eigenvalue weighted by Crippen LogP contribution is -2.31. The highest BCUT2D eigenvalue weighted by Gasteiger charge is 2.12. The first-order valence-corrected chi connectivity index (χ1v) is 9.82. The summed E-state index contributed by atoms with van der Waals surface area (Å²) in [6.45, 7) is 10.3. The predicted molar refractivity (Wildman–Crippen MR) is 120 cm³/mol. The highest BCUT2D eigenvalue weighted by molar-refractivity contribution is 7.80. The lowest BCUT2D eigenvalue weighted by Gasteiger charge is -2.19. The molecular weight excluding hydrogens is 370 g/mol. The van der Waals surface area contributed by atoms with E-state index in [0.717, 1.165) is 23.6 Å². The highest BCUT2D eigenvalue weighted by atomic mass is 32.1. The lowest BCUT2D eigenvalue weighted by molar-refractivity contribution is 0.217. The smallest absolute Gasteiger partial charge is 0.186 e. The van der Waals surface area contributed by atoms with Gasteiger partial charge in [0.1, 0.15) is 24.7 Å². The van der Waals surface area contributed by atoms with Crippen LogP contribution in [-0.2, 0) is 5.41 Å². The van der Waals surface area contributed by atoms with Crippen molar-refractivity contribution in [3.63, 3.8) is 0 Å². The van der Waals surface area contributed by atoms with Gasteiger partial charge in [0.05, 0.1) is 6.21 Å². The summed E-state index contributed by atoms with van der Waals surface area (Å²) >= 11 is 5.06. The van der Waals surface area contributed by atoms with Crippen LogP contribution in [0.4, 0.5) is 0 Å². The molecule has 0 bridgehead atoms. The molecule has 0 amide bonds. The van der Waals surface area contributed by atoms with Crippen molar-refractivity contribution in [2.24, 2.45) is 5.10 Å². The molecule has 2 aromatic carbocycles. The molecule has 2 rings (SSSR count). The quantitative estimate of drug-likeness (QED) is 0.301. The first kappa shape index (κ1) is 21.7. The number of nitrogens with one attached hydrogen (secondary N) is 2. The van der Waals surface area contributed by atoms with Crippen molar-refractivity contribution in [1.82, 2.24) is 10.7 Å². The Morgan fingerprint density at radius 2 is 1.71 bits per heavy atom. The van der Waals surface area contributed by atoms with Crippen molar-refractivity contribution in [3.8, 4) is 11.5 Å². The van der Waals surface area contributed by atoms with Gasteiger partial charge in [-0.25, -0.2) is 0 Å². The van der Waals surface area contributed by atoms with Crippen LogP contribution in [0.15, 0.2) is 53.6 Å². The van der Waals surface area contributed by atoms with E-state index in [2.05, 4.69) is 48.7 Å². The minimum Gasteiger partial charge on any atom is -0.490 e. The topological polar surface area (TPSA) is 54.9 Å². The Morgan fingerprint density at radius 1 is 1.04 bits per heavy atom. The van der Waals surface area contributed by atoms with E-state index in [4.69, 9.17) is 21.7 Å². The molecule has 2 N–H and O–H groups in total. The van der Waals surface area contributed by atoms with Crippen molar-refractivity contribution >= 4 is 23.5 Å². The van der Waals surface area contributed by atoms with Gasteiger partial charge in [0.15, 0.2) is 5.11 Å². The molecule has 0 spiro atoms. The first-order valence-electron chi connectivity index (χ1n) is 9.41. The Hall–Kier alpha value is -2.60. The third kappa shape index (κ3) is 7.56. The monoisotopic (exact) mass is 399 g/mol. The van der Waals surface area contributed by atoms with Gasteiger partial charge in [-0.3, -0.25) is 5.43 Å². The summed E-state index contributed by atoms with van der Waals surface area (Å²) in [5.41, 5.74) is 5.11. The number of ether oxygens (including phenoxy) is 2. The molecule has 6 heteroatoms. The number of nitrogens with zero attached hydrogens (tertiary/aromatic N) is 1. The first-order chi connectivity index (χ1) is 13.4. The summed E-state index contributed by atoms with van der Waals surface area (Å²) in [6, 6.07) is 15.9. The maximum absolute atomic E-state index is 5.77. The normalized spacial score (nSPS) is 11.3. The Kier molecular flexibility index (Phi) is 8.26. The van der Waals surface area contributed by atoms with Gasteiger partial charge < -0.3 is 14.8 Å². The van der Waals surface area contributed by atoms with Gasteiger partial charge in [-0.05, 0) is 59.9 Å². The largest absolute Gasteiger partial charge is 0.490 e. The summed E-state index contributed by atoms with van der Waals surface area (Å²) in [6.07, 6.45) is 1.70. The minimum atomic E-state index is 0.142. The van der Waals surface area contributed by atoms with Crippen molar-refractivity contribution in [2.75, 3.05) is 19.8 Å². The molecule has 2 aromatic rings. The molecule has 0 aliphatic carbocycles. The second-order valence-corrected chi connectivity index (χ2v) is 7.68. The van der Waals surface area contributed by atoms with Gasteiger partial charge >= 0.3 is 0 Å². The van der Waals surface area contributed by atoms with Crippen LogP contribution in [0.1, 0.15) is 38.8 Å². The van der Waals surface area contributed by atoms with Crippen LogP contribution < -0.4 is 20.2 Å². The fourth-order valence-electron chi connectivity index (χ4n) is 2.42. The van der Waals surface area contributed by atoms with Crippen molar-refractivity contribution in [2.45, 2.75) is 33.1 Å². The average Bonchev–Trinajstić information content (AvgIpc) is 2.65. The molecule has 0 aliphatic rings. The maximum Gasteiger partial charge on any atom is 0.186 e. The molecule has 0 fully saturated rings. The standard InChI is InChI=1S/C22H29N3O2S/c1-5-23-21(28)25-24-16-17-7-6-8-20(15-17)27-14-13-26-19-11-9-18(10-12-19)22(2,3)4/h6-12,15-16H,5,13-14H2,1-4H3,(H2,23,25,28)/b24-16-. The summed E-state index contributed by atoms with van der Waals surface area (Å²) in [5, 5.41) is 7.57. The summed E-state index contributed by atoms with van der Waals surface area (Å²) in [4.78, 5) is 0. The zero-order chi connectivity index (χ0) is 20.4. The molecule has 0 atom stereocenters. The van der Waals surface area contributed by atoms with Gasteiger partial charge in [0, 0.05) is 6.54 Å². The molecule has 0 aliphatic heterocycles. The van der Waals surface area contributed by atoms with Crippen LogP contribution >= 0.6 is 12.2 Å². The van der Waals surface area contributed by atoms with E-state index >= 15 is 0 Å². The molecule has 0 radical (unpaired) electrons. The number of rotatable bonds is 8. The fraction of sp³-hybridized carbons (Fsp3) is 0.364. The minimum absolute atomic E-state index is 0.142. The highest BCUT2D eigenvalue weighted by Crippen LogP contribution is 2.24. The molecule has 5 nitrogen and oxygen atoms in total. The maximum atomic E-state index is 5.77. The molecule has 0 saturated heterocycles. The zero-order valence-corrected chi connectivity index (χ0v) is 17.8. The van der Waals surface area contributed by atoms with E-state index in [0.29, 0.717) is 18.3 Å². The number of thiocarbonyl (C=S) groups is 1. The third-order valence-corrected chi connectivity index (χ3v) is 4.15. The molecule has 0 heterocycles. The van der Waals surface area contributed by atoms with Gasteiger partial charge in [0.25, 0.3) is 0 Å². The van der Waals surface area contributed by atoms with E-state index in [-0.39, 0.29) is 5.41 Å². The Balaban J connectivity index is 1.77. The van der Waals surface area contributed by atoms with Crippen LogP contribution in [0.2, 0.25) is 0 Å². The van der Waals surface area contributed by atoms with Crippen molar-refractivity contribution in [1.29, 1.82) is 0 Å². The lowest BCUT2D eigenvalue weighted by atomic mass is 9.87. The SMILES string of the molecule is CCNC(=S)N/N=C\c1cccc(OCCOc2ccc(C(C)(C)C)cc2)c1. The van der Waals surface area contributed by atoms with Crippen LogP contribution in [0.5, 0.6) is 11.5 Å². The summed E-state index contributed by atoms with van der Waals surface area (Å²) in [7, 11) is 0. The molecule has 0 saturated carbocycles. The third-order valence-electron chi connectivity index (χ3n) is 3.92. The van der Waals surface area contributed by atoms with E-state index in [1.807, 2.05) is 43.3 Å². The van der Waals surface area contributed by atoms with E-state index in [1.54, 1.807) is 6.21 Å². The van der Waals surface area contributed by atoms with Gasteiger partial charge in [-0.2, -0.15) is 5.10 Å². The summed E-state index contributed by atoms with van der Waals surface area (Å²) < 4.78 is 11.5. The van der Waals surface area contributed by atoms with Crippen LogP contribution in [0, 0.1) is 0 Å². The zero-order valence-electron chi connectivity index (χ0n) is 17.0. The van der Waals surface area contributed by atoms with Crippen molar-refractivity contribution in [3.05, 3.63) is 59.7 Å². The average molecular weight is 400 g/mol. The van der Waals surface area contributed by atoms with E-state index in [1.165, 1.54) is 5.56 Å². The number of hydrazone groups is 1. The fourth-order valence-corrected chi connectivity index (χ4v) is 2.62. The van der Waals surface area contributed by atoms with Gasteiger partial charge in [-0.15, -0.1) is 0 Å². The summed E-state index contributed by atoms with van der Waals surface area (Å²) in [5.74, 6) is 1.62.